The highest BCUT2D eigenvalue weighted by Gasteiger charge is 2.33. The summed E-state index contributed by atoms with van der Waals surface area (Å²) in [5.41, 5.74) is 1.95. The molecule has 4 rings (SSSR count). The minimum absolute atomic E-state index is 0.0379. The van der Waals surface area contributed by atoms with Crippen LogP contribution < -0.4 is 15.4 Å². The number of nitrogens with one attached hydrogen (secondary N) is 2. The summed E-state index contributed by atoms with van der Waals surface area (Å²) in [6.45, 7) is 7.11. The van der Waals surface area contributed by atoms with Gasteiger partial charge in [0.05, 0.1) is 25.6 Å². The van der Waals surface area contributed by atoms with Gasteiger partial charge in [0.25, 0.3) is 10.0 Å². The first-order valence-electron chi connectivity index (χ1n) is 13.1. The van der Waals surface area contributed by atoms with Crippen molar-refractivity contribution in [3.8, 4) is 5.75 Å². The molecule has 3 N–H and O–H groups in total. The van der Waals surface area contributed by atoms with Crippen LogP contribution in [0.5, 0.6) is 5.75 Å². The number of carbonyl (C=O) groups is 2. The van der Waals surface area contributed by atoms with Gasteiger partial charge in [-0.1, -0.05) is 18.1 Å². The summed E-state index contributed by atoms with van der Waals surface area (Å²) in [6.07, 6.45) is -0.655. The van der Waals surface area contributed by atoms with Crippen LogP contribution in [0.25, 0.3) is 0 Å². The highest BCUT2D eigenvalue weighted by Crippen LogP contribution is 2.30. The van der Waals surface area contributed by atoms with E-state index in [1.807, 2.05) is 6.92 Å². The van der Waals surface area contributed by atoms with Crippen LogP contribution in [0, 0.1) is 19.8 Å². The van der Waals surface area contributed by atoms with Crippen LogP contribution in [0.3, 0.4) is 0 Å². The molecule has 41 heavy (non-hydrogen) atoms. The number of anilines is 2. The van der Waals surface area contributed by atoms with Gasteiger partial charge in [-0.05, 0) is 50.4 Å². The average molecular weight is 606 g/mol. The Balaban J connectivity index is 1.62. The van der Waals surface area contributed by atoms with E-state index < -0.39 is 28.2 Å². The molecule has 0 bridgehead atoms. The molecule has 0 spiro atoms. The number of ether oxygens (including phenoxy) is 1. The number of aliphatic hydroxyl groups excluding tert-OH is 1. The number of rotatable bonds is 8. The number of sulfonamides is 1. The number of carbonyl (C=O) groups excluding carboxylic acids is 2. The van der Waals surface area contributed by atoms with Crippen molar-refractivity contribution >= 4 is 44.7 Å². The second-order valence-electron chi connectivity index (χ2n) is 10.2. The number of aryl methyl sites for hydroxylation is 2. The number of nitrogens with zero attached hydrogens (tertiary/aromatic N) is 3. The van der Waals surface area contributed by atoms with Gasteiger partial charge in [0.15, 0.2) is 5.76 Å². The molecule has 3 amide bonds. The zero-order chi connectivity index (χ0) is 29.9. The highest BCUT2D eigenvalue weighted by atomic mass is 32.2. The summed E-state index contributed by atoms with van der Waals surface area (Å²) in [4.78, 5) is 27.7. The fraction of sp³-hybridized carbons (Fsp3) is 0.444. The molecule has 1 aliphatic rings. The maximum absolute atomic E-state index is 13.4. The Kier molecular flexibility index (Phi) is 9.37. The molecule has 222 valence electrons. The number of fused-ring (bicyclic) bond motifs is 1. The topological polar surface area (TPSA) is 154 Å². The average Bonchev–Trinajstić information content (AvgIpc) is 3.59. The van der Waals surface area contributed by atoms with E-state index in [0.717, 1.165) is 11.3 Å². The smallest absolute Gasteiger partial charge is 0.323 e. The van der Waals surface area contributed by atoms with Gasteiger partial charge in [0.2, 0.25) is 5.91 Å². The molecule has 0 fully saturated rings. The van der Waals surface area contributed by atoms with Gasteiger partial charge in [-0.2, -0.15) is 4.31 Å². The van der Waals surface area contributed by atoms with Gasteiger partial charge < -0.3 is 29.9 Å². The standard InChI is InChI=1S/C27H35N5O7S2/c1-16-13-32(17(2)15-33)24(34)12-20-11-21(28-27(35)29-26-18(3)30-39-19(26)4)8-9-22(20)38-23(16)14-31(5)41(36,37)25-7-6-10-40-25/h6-11,16-17,23,33H,12-15H2,1-5H3,(H2,28,29,35)/t16-,17+,23+/m0/s1. The Hall–Kier alpha value is -3.46. The van der Waals surface area contributed by atoms with Crippen molar-refractivity contribution in [3.05, 3.63) is 52.7 Å². The molecule has 3 atom stereocenters. The van der Waals surface area contributed by atoms with E-state index in [9.17, 15) is 23.1 Å². The SMILES string of the molecule is Cc1noc(C)c1NC(=O)Nc1ccc2c(c1)CC(=O)N([C@H](C)CO)C[C@H](C)[C@@H](CN(C)S(=O)(=O)c1cccs1)O2. The third kappa shape index (κ3) is 6.89. The first-order chi connectivity index (χ1) is 19.4. The second-order valence-corrected chi connectivity index (χ2v) is 13.4. The van der Waals surface area contributed by atoms with E-state index in [2.05, 4.69) is 15.8 Å². The number of hydrogen-bond acceptors (Lipinski definition) is 9. The van der Waals surface area contributed by atoms with Crippen LogP contribution in [-0.2, 0) is 21.2 Å². The van der Waals surface area contributed by atoms with Crippen LogP contribution in [0.15, 0.2) is 44.4 Å². The molecule has 0 unspecified atom stereocenters. The lowest BCUT2D eigenvalue weighted by Crippen LogP contribution is -2.48. The lowest BCUT2D eigenvalue weighted by atomic mass is 10.0. The summed E-state index contributed by atoms with van der Waals surface area (Å²) >= 11 is 1.14. The number of benzene rings is 1. The Labute approximate surface area is 243 Å². The van der Waals surface area contributed by atoms with Gasteiger partial charge >= 0.3 is 6.03 Å². The van der Waals surface area contributed by atoms with Crippen molar-refractivity contribution in [3.63, 3.8) is 0 Å². The summed E-state index contributed by atoms with van der Waals surface area (Å²) in [5, 5.41) is 20.9. The van der Waals surface area contributed by atoms with E-state index in [1.54, 1.807) is 61.4 Å². The molecule has 3 aromatic rings. The minimum Gasteiger partial charge on any atom is -0.488 e. The first kappa shape index (κ1) is 30.5. The molecule has 2 aromatic heterocycles. The Morgan fingerprint density at radius 3 is 2.68 bits per heavy atom. The number of amides is 3. The van der Waals surface area contributed by atoms with Gasteiger partial charge in [-0.15, -0.1) is 11.3 Å². The fourth-order valence-electron chi connectivity index (χ4n) is 4.58. The molecular weight excluding hydrogens is 570 g/mol. The first-order valence-corrected chi connectivity index (χ1v) is 15.4. The zero-order valence-electron chi connectivity index (χ0n) is 23.6. The monoisotopic (exact) mass is 605 g/mol. The molecule has 12 nitrogen and oxygen atoms in total. The van der Waals surface area contributed by atoms with Crippen LogP contribution >= 0.6 is 11.3 Å². The molecule has 0 saturated carbocycles. The van der Waals surface area contributed by atoms with Crippen molar-refractivity contribution in [2.45, 2.75) is 50.5 Å². The summed E-state index contributed by atoms with van der Waals surface area (Å²) in [7, 11) is -2.23. The normalized spacial score (nSPS) is 18.6. The molecule has 1 aromatic carbocycles. The number of aliphatic hydroxyl groups is 1. The van der Waals surface area contributed by atoms with Crippen LogP contribution in [0.4, 0.5) is 16.2 Å². The predicted molar refractivity (Wildman–Crippen MR) is 155 cm³/mol. The van der Waals surface area contributed by atoms with Gasteiger partial charge in [-0.25, -0.2) is 13.2 Å². The summed E-state index contributed by atoms with van der Waals surface area (Å²) in [5.74, 6) is 0.377. The molecule has 3 heterocycles. The lowest BCUT2D eigenvalue weighted by Gasteiger charge is -2.33. The molecule has 14 heteroatoms. The van der Waals surface area contributed by atoms with E-state index in [4.69, 9.17) is 9.26 Å². The Morgan fingerprint density at radius 2 is 2.05 bits per heavy atom. The van der Waals surface area contributed by atoms with E-state index >= 15 is 0 Å². The Morgan fingerprint density at radius 1 is 1.29 bits per heavy atom. The van der Waals surface area contributed by atoms with Crippen LogP contribution in [0.2, 0.25) is 0 Å². The summed E-state index contributed by atoms with van der Waals surface area (Å²) < 4.78 is 39.3. The molecule has 1 aliphatic heterocycles. The fourth-order valence-corrected chi connectivity index (χ4v) is 6.96. The van der Waals surface area contributed by atoms with E-state index in [-0.39, 0.29) is 42.2 Å². The van der Waals surface area contributed by atoms with Crippen LogP contribution in [0.1, 0.15) is 30.9 Å². The number of aromatic nitrogens is 1. The third-order valence-electron chi connectivity index (χ3n) is 7.04. The number of thiophene rings is 1. The second kappa shape index (κ2) is 12.6. The highest BCUT2D eigenvalue weighted by molar-refractivity contribution is 7.91. The van der Waals surface area contributed by atoms with E-state index in [1.165, 1.54) is 11.4 Å². The number of urea groups is 1. The maximum Gasteiger partial charge on any atom is 0.323 e. The van der Waals surface area contributed by atoms with Crippen molar-refractivity contribution in [1.82, 2.24) is 14.4 Å². The minimum atomic E-state index is -3.73. The van der Waals surface area contributed by atoms with Crippen molar-refractivity contribution in [2.24, 2.45) is 5.92 Å². The maximum atomic E-state index is 13.4. The van der Waals surface area contributed by atoms with Crippen molar-refractivity contribution in [2.75, 3.05) is 37.4 Å². The van der Waals surface area contributed by atoms with Gasteiger partial charge in [-0.3, -0.25) is 4.79 Å². The summed E-state index contributed by atoms with van der Waals surface area (Å²) in [6, 6.07) is 7.22. The predicted octanol–water partition coefficient (Wildman–Crippen LogP) is 3.47. The van der Waals surface area contributed by atoms with Gasteiger partial charge in [0, 0.05) is 30.8 Å². The lowest BCUT2D eigenvalue weighted by molar-refractivity contribution is -0.134. The number of hydrogen-bond donors (Lipinski definition) is 3. The molecule has 0 saturated heterocycles. The third-order valence-corrected chi connectivity index (χ3v) is 10.2. The molecule has 0 radical (unpaired) electrons. The van der Waals surface area contributed by atoms with Gasteiger partial charge in [0.1, 0.15) is 27.4 Å². The van der Waals surface area contributed by atoms with E-state index in [0.29, 0.717) is 34.1 Å². The molecule has 0 aliphatic carbocycles. The number of likely N-dealkylation sites (N-methyl/N-ethyl adjacent to an activating group) is 1. The van der Waals surface area contributed by atoms with Crippen molar-refractivity contribution in [1.29, 1.82) is 0 Å². The molecular formula is C27H35N5O7S2. The zero-order valence-corrected chi connectivity index (χ0v) is 25.2. The van der Waals surface area contributed by atoms with Crippen LogP contribution in [-0.4, -0.2) is 78.7 Å². The van der Waals surface area contributed by atoms with Crippen molar-refractivity contribution < 1.29 is 32.4 Å². The quantitative estimate of drug-likeness (QED) is 0.353. The largest absolute Gasteiger partial charge is 0.488 e. The Bertz CT molecular complexity index is 1470.